The summed E-state index contributed by atoms with van der Waals surface area (Å²) in [7, 11) is 0. The van der Waals surface area contributed by atoms with Crippen LogP contribution in [0.1, 0.15) is 71.6 Å². The molecule has 2 aliphatic heterocycles. The summed E-state index contributed by atoms with van der Waals surface area (Å²) < 4.78 is 21.7. The zero-order chi connectivity index (χ0) is 19.2. The molecule has 3 rings (SSSR count). The van der Waals surface area contributed by atoms with Crippen LogP contribution in [0.2, 0.25) is 0 Å². The highest BCUT2D eigenvalue weighted by molar-refractivity contribution is 5.70. The molecule has 0 aromatic heterocycles. The van der Waals surface area contributed by atoms with Crippen molar-refractivity contribution in [2.75, 3.05) is 13.2 Å². The maximum Gasteiger partial charge on any atom is 0.305 e. The van der Waals surface area contributed by atoms with Crippen LogP contribution in [0.15, 0.2) is 0 Å². The Balaban J connectivity index is 1.16. The first kappa shape index (κ1) is 20.6. The average molecular weight is 382 g/mol. The third kappa shape index (κ3) is 7.07. The van der Waals surface area contributed by atoms with E-state index < -0.39 is 0 Å². The maximum absolute atomic E-state index is 11.9. The van der Waals surface area contributed by atoms with Crippen LogP contribution < -0.4 is 0 Å². The molecule has 154 valence electrons. The van der Waals surface area contributed by atoms with Gasteiger partial charge in [0.1, 0.15) is 0 Å². The van der Waals surface area contributed by atoms with Crippen molar-refractivity contribution in [3.8, 4) is 0 Å². The van der Waals surface area contributed by atoms with Gasteiger partial charge >= 0.3 is 11.9 Å². The molecular formula is C21H34O6. The average Bonchev–Trinajstić information content (AvgIpc) is 3.57. The van der Waals surface area contributed by atoms with Crippen LogP contribution in [0.3, 0.4) is 0 Å². The monoisotopic (exact) mass is 382 g/mol. The molecule has 6 nitrogen and oxygen atoms in total. The van der Waals surface area contributed by atoms with Gasteiger partial charge in [-0.05, 0) is 63.7 Å². The van der Waals surface area contributed by atoms with E-state index in [1.54, 1.807) is 0 Å². The highest BCUT2D eigenvalue weighted by Gasteiger charge is 2.44. The van der Waals surface area contributed by atoms with Crippen molar-refractivity contribution < 1.29 is 28.5 Å². The van der Waals surface area contributed by atoms with Crippen molar-refractivity contribution in [3.63, 3.8) is 0 Å². The van der Waals surface area contributed by atoms with Crippen LogP contribution in [0.4, 0.5) is 0 Å². The van der Waals surface area contributed by atoms with Gasteiger partial charge in [-0.25, -0.2) is 0 Å². The normalized spacial score (nSPS) is 32.3. The third-order valence-corrected chi connectivity index (χ3v) is 6.06. The lowest BCUT2D eigenvalue weighted by Crippen LogP contribution is -2.20. The van der Waals surface area contributed by atoms with E-state index in [0.29, 0.717) is 75.1 Å². The lowest BCUT2D eigenvalue weighted by Gasteiger charge is -2.18. The van der Waals surface area contributed by atoms with E-state index >= 15 is 0 Å². The highest BCUT2D eigenvalue weighted by Crippen LogP contribution is 2.39. The maximum atomic E-state index is 11.9. The second-order valence-electron chi connectivity index (χ2n) is 8.35. The number of epoxide rings is 2. The van der Waals surface area contributed by atoms with Gasteiger partial charge < -0.3 is 18.9 Å². The summed E-state index contributed by atoms with van der Waals surface area (Å²) in [5, 5.41) is 0. The van der Waals surface area contributed by atoms with Crippen molar-refractivity contribution >= 4 is 11.9 Å². The summed E-state index contributed by atoms with van der Waals surface area (Å²) in [6.45, 7) is 5.16. The van der Waals surface area contributed by atoms with E-state index in [1.165, 1.54) is 0 Å². The molecule has 0 spiro atoms. The molecule has 2 saturated heterocycles. The fourth-order valence-corrected chi connectivity index (χ4v) is 3.90. The smallest absolute Gasteiger partial charge is 0.305 e. The van der Waals surface area contributed by atoms with Gasteiger partial charge in [-0.3, -0.25) is 9.59 Å². The zero-order valence-electron chi connectivity index (χ0n) is 16.7. The molecule has 6 atom stereocenters. The second-order valence-corrected chi connectivity index (χ2v) is 8.35. The number of fused-ring (bicyclic) bond motifs is 1. The summed E-state index contributed by atoms with van der Waals surface area (Å²) in [5.74, 6) is 0.484. The number of esters is 2. The molecule has 0 radical (unpaired) electrons. The molecular weight excluding hydrogens is 348 g/mol. The molecule has 3 fully saturated rings. The Hall–Kier alpha value is -1.14. The van der Waals surface area contributed by atoms with Crippen molar-refractivity contribution in [1.82, 2.24) is 0 Å². The molecule has 1 saturated carbocycles. The van der Waals surface area contributed by atoms with Crippen molar-refractivity contribution in [2.24, 2.45) is 11.8 Å². The Morgan fingerprint density at radius 1 is 1.04 bits per heavy atom. The molecule has 0 N–H and O–H groups in total. The van der Waals surface area contributed by atoms with E-state index in [4.69, 9.17) is 18.9 Å². The quantitative estimate of drug-likeness (QED) is 0.292. The fraction of sp³-hybridized carbons (Fsp3) is 0.905. The number of ether oxygens (including phenoxy) is 4. The predicted molar refractivity (Wildman–Crippen MR) is 99.1 cm³/mol. The SMILES string of the molecule is CCC(COC(=O)CCCCC(=O)OCC1CCC2OC2C1)CC1OC1C. The number of carbonyl (C=O) groups is 2. The minimum Gasteiger partial charge on any atom is -0.465 e. The van der Waals surface area contributed by atoms with Crippen LogP contribution >= 0.6 is 0 Å². The third-order valence-electron chi connectivity index (χ3n) is 6.06. The molecule has 2 heterocycles. The van der Waals surface area contributed by atoms with Crippen molar-refractivity contribution in [2.45, 2.75) is 96.1 Å². The Morgan fingerprint density at radius 2 is 1.74 bits per heavy atom. The Morgan fingerprint density at radius 3 is 2.37 bits per heavy atom. The van der Waals surface area contributed by atoms with Gasteiger partial charge in [0.15, 0.2) is 0 Å². The number of carbonyl (C=O) groups excluding carboxylic acids is 2. The summed E-state index contributed by atoms with van der Waals surface area (Å²) in [5.41, 5.74) is 0. The van der Waals surface area contributed by atoms with Crippen LogP contribution in [-0.2, 0) is 28.5 Å². The molecule has 0 bridgehead atoms. The van der Waals surface area contributed by atoms with Crippen LogP contribution in [0, 0.1) is 11.8 Å². The Kier molecular flexibility index (Phi) is 7.53. The molecule has 0 aromatic rings. The molecule has 6 unspecified atom stereocenters. The Labute approximate surface area is 162 Å². The zero-order valence-corrected chi connectivity index (χ0v) is 16.7. The summed E-state index contributed by atoms with van der Waals surface area (Å²) >= 11 is 0. The lowest BCUT2D eigenvalue weighted by atomic mass is 9.90. The molecule has 6 heteroatoms. The standard InChI is InChI=1S/C21H34O6/c1-3-15(10-18-14(2)26-18)12-24-20(22)6-4-5-7-21(23)25-13-16-8-9-17-19(11-16)27-17/h14-19H,3-13H2,1-2H3. The molecule has 0 aromatic carbocycles. The van der Waals surface area contributed by atoms with Gasteiger partial charge in [0.05, 0.1) is 37.6 Å². The minimum absolute atomic E-state index is 0.160. The number of rotatable bonds is 12. The number of hydrogen-bond acceptors (Lipinski definition) is 6. The van der Waals surface area contributed by atoms with E-state index in [0.717, 1.165) is 32.1 Å². The highest BCUT2D eigenvalue weighted by atomic mass is 16.6. The molecule has 27 heavy (non-hydrogen) atoms. The van der Waals surface area contributed by atoms with Crippen LogP contribution in [-0.4, -0.2) is 49.6 Å². The number of unbranched alkanes of at least 4 members (excludes halogenated alkanes) is 1. The minimum atomic E-state index is -0.173. The molecule has 1 aliphatic carbocycles. The van der Waals surface area contributed by atoms with Crippen LogP contribution in [0.25, 0.3) is 0 Å². The van der Waals surface area contributed by atoms with Gasteiger partial charge in [0.25, 0.3) is 0 Å². The lowest BCUT2D eigenvalue weighted by molar-refractivity contribution is -0.147. The summed E-state index contributed by atoms with van der Waals surface area (Å²) in [6, 6.07) is 0. The van der Waals surface area contributed by atoms with Gasteiger partial charge in [0, 0.05) is 12.8 Å². The fourth-order valence-electron chi connectivity index (χ4n) is 3.90. The summed E-state index contributed by atoms with van der Waals surface area (Å²) in [4.78, 5) is 23.7. The van der Waals surface area contributed by atoms with Gasteiger partial charge in [0.2, 0.25) is 0 Å². The number of hydrogen-bond donors (Lipinski definition) is 0. The van der Waals surface area contributed by atoms with E-state index in [1.807, 2.05) is 0 Å². The van der Waals surface area contributed by atoms with E-state index in [9.17, 15) is 9.59 Å². The van der Waals surface area contributed by atoms with E-state index in [2.05, 4.69) is 13.8 Å². The Bertz CT molecular complexity index is 507. The predicted octanol–water partition coefficient (Wildman–Crippen LogP) is 3.40. The van der Waals surface area contributed by atoms with Gasteiger partial charge in [-0.1, -0.05) is 6.92 Å². The summed E-state index contributed by atoms with van der Waals surface area (Å²) in [6.07, 6.45) is 8.81. The first-order valence-corrected chi connectivity index (χ1v) is 10.7. The first-order valence-electron chi connectivity index (χ1n) is 10.7. The molecule has 3 aliphatic rings. The van der Waals surface area contributed by atoms with Crippen LogP contribution in [0.5, 0.6) is 0 Å². The van der Waals surface area contributed by atoms with E-state index in [-0.39, 0.29) is 11.9 Å². The van der Waals surface area contributed by atoms with Gasteiger partial charge in [-0.15, -0.1) is 0 Å². The first-order chi connectivity index (χ1) is 13.0. The van der Waals surface area contributed by atoms with Crippen molar-refractivity contribution in [1.29, 1.82) is 0 Å². The largest absolute Gasteiger partial charge is 0.465 e. The second kappa shape index (κ2) is 9.87. The van der Waals surface area contributed by atoms with Gasteiger partial charge in [-0.2, -0.15) is 0 Å². The molecule has 0 amide bonds. The topological polar surface area (TPSA) is 77.7 Å². The van der Waals surface area contributed by atoms with Crippen molar-refractivity contribution in [3.05, 3.63) is 0 Å².